The van der Waals surface area contributed by atoms with E-state index >= 15 is 0 Å². The van der Waals surface area contributed by atoms with Crippen LogP contribution in [0.25, 0.3) is 11.3 Å². The van der Waals surface area contributed by atoms with Gasteiger partial charge in [-0.1, -0.05) is 0 Å². The van der Waals surface area contributed by atoms with Crippen molar-refractivity contribution in [2.24, 2.45) is 5.90 Å². The molecule has 0 fully saturated rings. The zero-order valence-electron chi connectivity index (χ0n) is 9.31. The Hall–Kier alpha value is -1.81. The lowest BCUT2D eigenvalue weighted by molar-refractivity contribution is 0.0503. The van der Waals surface area contributed by atoms with Crippen LogP contribution < -0.4 is 11.6 Å². The summed E-state index contributed by atoms with van der Waals surface area (Å²) in [6.45, 7) is 0. The molecule has 8 heteroatoms. The van der Waals surface area contributed by atoms with Crippen molar-refractivity contribution >= 4 is 28.6 Å². The third-order valence-corrected chi connectivity index (χ3v) is 3.01. The summed E-state index contributed by atoms with van der Waals surface area (Å²) in [6, 6.07) is 4.34. The quantitative estimate of drug-likeness (QED) is 0.608. The van der Waals surface area contributed by atoms with Gasteiger partial charge in [-0.3, -0.25) is 0 Å². The van der Waals surface area contributed by atoms with Crippen LogP contribution in [0.2, 0.25) is 0 Å². The maximum atomic E-state index is 13.9. The van der Waals surface area contributed by atoms with E-state index in [4.69, 9.17) is 5.90 Å². The Morgan fingerprint density at radius 1 is 1.47 bits per heavy atom. The Bertz CT molecular complexity index is 702. The second kappa shape index (κ2) is 5.45. The second-order valence-corrected chi connectivity index (χ2v) is 4.75. The molecule has 2 aromatic rings. The minimum absolute atomic E-state index is 0.0237. The van der Waals surface area contributed by atoms with E-state index in [-0.39, 0.29) is 16.8 Å². The first kappa shape index (κ1) is 13.6. The zero-order chi connectivity index (χ0) is 14.0. The fourth-order valence-corrected chi connectivity index (χ4v) is 1.97. The van der Waals surface area contributed by atoms with Gasteiger partial charge in [-0.15, -0.1) is 0 Å². The minimum Gasteiger partial charge on any atom is -0.370 e. The fourth-order valence-electron chi connectivity index (χ4n) is 1.52. The highest BCUT2D eigenvalue weighted by Gasteiger charge is 2.18. The van der Waals surface area contributed by atoms with Crippen molar-refractivity contribution in [1.82, 2.24) is 9.97 Å². The van der Waals surface area contributed by atoms with Crippen LogP contribution in [0.4, 0.5) is 4.39 Å². The zero-order valence-corrected chi connectivity index (χ0v) is 11.5. The van der Waals surface area contributed by atoms with Crippen molar-refractivity contribution in [1.29, 1.82) is 0 Å². The Balaban J connectivity index is 2.69. The lowest BCUT2D eigenvalue weighted by atomic mass is 10.1. The summed E-state index contributed by atoms with van der Waals surface area (Å²) in [5, 5.41) is 0. The third-order valence-electron chi connectivity index (χ3n) is 2.34. The van der Waals surface area contributed by atoms with Crippen molar-refractivity contribution in [3.05, 3.63) is 49.8 Å². The number of benzene rings is 1. The summed E-state index contributed by atoms with van der Waals surface area (Å²) < 4.78 is 14.6. The Morgan fingerprint density at radius 2 is 2.21 bits per heavy atom. The number of aromatic amines is 1. The number of nitrogens with two attached hydrogens (primary N) is 1. The number of aromatic nitrogens is 2. The fraction of sp³-hybridized carbons (Fsp3) is 0. The largest absolute Gasteiger partial charge is 0.370 e. The van der Waals surface area contributed by atoms with E-state index in [0.717, 1.165) is 6.20 Å². The van der Waals surface area contributed by atoms with E-state index in [9.17, 15) is 14.0 Å². The second-order valence-electron chi connectivity index (χ2n) is 3.51. The predicted molar refractivity (Wildman–Crippen MR) is 72.6 cm³/mol. The molecule has 0 aliphatic carbocycles. The van der Waals surface area contributed by atoms with Gasteiger partial charge in [-0.05, 0) is 40.8 Å². The van der Waals surface area contributed by atoms with E-state index in [1.807, 2.05) is 22.6 Å². The van der Waals surface area contributed by atoms with Gasteiger partial charge in [0, 0.05) is 15.3 Å². The molecular weight excluding hydrogens is 368 g/mol. The third kappa shape index (κ3) is 2.79. The van der Waals surface area contributed by atoms with Gasteiger partial charge < -0.3 is 9.82 Å². The summed E-state index contributed by atoms with van der Waals surface area (Å²) in [5.74, 6) is 3.28. The van der Waals surface area contributed by atoms with Gasteiger partial charge >= 0.3 is 11.7 Å². The van der Waals surface area contributed by atoms with E-state index in [0.29, 0.717) is 3.57 Å². The van der Waals surface area contributed by atoms with Crippen LogP contribution in [-0.2, 0) is 4.84 Å². The molecule has 2 rings (SSSR count). The first-order valence-corrected chi connectivity index (χ1v) is 6.06. The van der Waals surface area contributed by atoms with Gasteiger partial charge in [0.15, 0.2) is 0 Å². The monoisotopic (exact) mass is 375 g/mol. The van der Waals surface area contributed by atoms with Crippen molar-refractivity contribution < 1.29 is 14.0 Å². The minimum atomic E-state index is -0.920. The van der Waals surface area contributed by atoms with Gasteiger partial charge in [-0.2, -0.15) is 5.90 Å². The number of hydrogen-bond acceptors (Lipinski definition) is 5. The molecule has 1 heterocycles. The molecule has 98 valence electrons. The van der Waals surface area contributed by atoms with Crippen LogP contribution in [0.15, 0.2) is 29.2 Å². The number of halogens is 2. The van der Waals surface area contributed by atoms with Crippen molar-refractivity contribution in [2.45, 2.75) is 0 Å². The van der Waals surface area contributed by atoms with Gasteiger partial charge in [0.1, 0.15) is 11.4 Å². The topological polar surface area (TPSA) is 98.1 Å². The molecule has 3 N–H and O–H groups in total. The number of nitrogens with one attached hydrogen (secondary N) is 1. The predicted octanol–water partition coefficient (Wildman–Crippen LogP) is 1.21. The normalized spacial score (nSPS) is 10.3. The summed E-state index contributed by atoms with van der Waals surface area (Å²) in [5.41, 5.74) is -0.798. The standard InChI is InChI=1S/C11H7FIN3O3/c12-8-3-5(13)1-2-6(8)9-7(10(17)19-14)4-15-11(18)16-9/h1-4H,14H2,(H,15,16,18). The summed E-state index contributed by atoms with van der Waals surface area (Å²) in [4.78, 5) is 32.5. The summed E-state index contributed by atoms with van der Waals surface area (Å²) in [6.07, 6.45) is 0.987. The highest BCUT2D eigenvalue weighted by Crippen LogP contribution is 2.24. The number of nitrogens with zero attached hydrogens (tertiary/aromatic N) is 1. The van der Waals surface area contributed by atoms with Crippen molar-refractivity contribution in [3.63, 3.8) is 0 Å². The molecule has 0 unspecified atom stereocenters. The summed E-state index contributed by atoms with van der Waals surface area (Å²) in [7, 11) is 0. The average molecular weight is 375 g/mol. The van der Waals surface area contributed by atoms with Crippen LogP contribution >= 0.6 is 22.6 Å². The van der Waals surface area contributed by atoms with Crippen LogP contribution in [0.5, 0.6) is 0 Å². The molecule has 6 nitrogen and oxygen atoms in total. The molecule has 0 spiro atoms. The lowest BCUT2D eigenvalue weighted by Crippen LogP contribution is -2.18. The van der Waals surface area contributed by atoms with Gasteiger partial charge in [0.25, 0.3) is 0 Å². The molecule has 0 atom stereocenters. The Morgan fingerprint density at radius 3 is 2.84 bits per heavy atom. The Labute approximate surface area is 119 Å². The molecule has 0 radical (unpaired) electrons. The van der Waals surface area contributed by atoms with Gasteiger partial charge in [0.2, 0.25) is 0 Å². The highest BCUT2D eigenvalue weighted by molar-refractivity contribution is 14.1. The van der Waals surface area contributed by atoms with Gasteiger partial charge in [0.05, 0.1) is 5.69 Å². The molecule has 19 heavy (non-hydrogen) atoms. The molecule has 0 saturated carbocycles. The van der Waals surface area contributed by atoms with E-state index in [1.54, 1.807) is 6.07 Å². The SMILES string of the molecule is NOC(=O)c1cnc(=O)[nH]c1-c1ccc(I)cc1F. The molecule has 0 bridgehead atoms. The number of hydrogen-bond donors (Lipinski definition) is 2. The average Bonchev–Trinajstić information content (AvgIpc) is 2.38. The first-order chi connectivity index (χ1) is 9.02. The number of carbonyl (C=O) groups excluding carboxylic acids is 1. The van der Waals surface area contributed by atoms with Crippen LogP contribution in [0, 0.1) is 9.39 Å². The smallest absolute Gasteiger partial charge is 0.360 e. The maximum Gasteiger partial charge on any atom is 0.360 e. The van der Waals surface area contributed by atoms with Crippen LogP contribution in [-0.4, -0.2) is 15.9 Å². The highest BCUT2D eigenvalue weighted by atomic mass is 127. The van der Waals surface area contributed by atoms with E-state index < -0.39 is 17.5 Å². The number of H-pyrrole nitrogens is 1. The lowest BCUT2D eigenvalue weighted by Gasteiger charge is -2.07. The molecule has 0 aliphatic rings. The van der Waals surface area contributed by atoms with Crippen LogP contribution in [0.3, 0.4) is 0 Å². The molecular formula is C11H7FIN3O3. The van der Waals surface area contributed by atoms with Crippen molar-refractivity contribution in [2.75, 3.05) is 0 Å². The molecule has 0 aliphatic heterocycles. The van der Waals surface area contributed by atoms with Crippen LogP contribution in [0.1, 0.15) is 10.4 Å². The molecule has 1 aromatic carbocycles. The first-order valence-electron chi connectivity index (χ1n) is 4.98. The summed E-state index contributed by atoms with van der Waals surface area (Å²) >= 11 is 1.94. The maximum absolute atomic E-state index is 13.9. The molecule has 0 amide bonds. The molecule has 1 aromatic heterocycles. The van der Waals surface area contributed by atoms with E-state index in [2.05, 4.69) is 14.8 Å². The molecule has 0 saturated heterocycles. The Kier molecular flexibility index (Phi) is 3.90. The van der Waals surface area contributed by atoms with Crippen molar-refractivity contribution in [3.8, 4) is 11.3 Å². The van der Waals surface area contributed by atoms with Gasteiger partial charge in [-0.25, -0.2) is 19.0 Å². The number of carbonyl (C=O) groups is 1. The number of rotatable bonds is 2. The van der Waals surface area contributed by atoms with E-state index in [1.165, 1.54) is 12.1 Å².